The maximum Gasteiger partial charge on any atom is 0.328 e. The first-order valence-corrected chi connectivity index (χ1v) is 6.03. The van der Waals surface area contributed by atoms with Crippen molar-refractivity contribution < 1.29 is 23.5 Å². The van der Waals surface area contributed by atoms with Crippen molar-refractivity contribution in [2.75, 3.05) is 5.32 Å². The molecule has 0 fully saturated rings. The fraction of sp³-hybridized carbons (Fsp3) is 0.0667. The van der Waals surface area contributed by atoms with E-state index in [0.29, 0.717) is 17.0 Å². The summed E-state index contributed by atoms with van der Waals surface area (Å²) in [5.74, 6) is -1.56. The van der Waals surface area contributed by atoms with E-state index in [1.807, 2.05) is 0 Å². The molecule has 0 aliphatic rings. The normalized spacial score (nSPS) is 10.8. The Morgan fingerprint density at radius 2 is 2.10 bits per heavy atom. The number of benzene rings is 1. The first-order chi connectivity index (χ1) is 9.95. The number of carbonyl (C=O) groups is 2. The van der Waals surface area contributed by atoms with Gasteiger partial charge in [0.15, 0.2) is 0 Å². The summed E-state index contributed by atoms with van der Waals surface area (Å²) in [6, 6.07) is 5.46. The van der Waals surface area contributed by atoms with Crippen LogP contribution in [0.4, 0.5) is 10.1 Å². The maximum atomic E-state index is 13.5. The lowest BCUT2D eigenvalue weighted by atomic mass is 10.1. The molecule has 6 heteroatoms. The summed E-state index contributed by atoms with van der Waals surface area (Å²) in [7, 11) is 0. The molecule has 2 rings (SSSR count). The zero-order valence-corrected chi connectivity index (χ0v) is 11.1. The van der Waals surface area contributed by atoms with E-state index in [4.69, 9.17) is 9.52 Å². The minimum atomic E-state index is -1.18. The van der Waals surface area contributed by atoms with Crippen LogP contribution in [0.2, 0.25) is 0 Å². The van der Waals surface area contributed by atoms with Gasteiger partial charge in [0.05, 0.1) is 5.56 Å². The van der Waals surface area contributed by atoms with Crippen LogP contribution in [0.3, 0.4) is 0 Å². The average molecular weight is 289 g/mol. The van der Waals surface area contributed by atoms with Gasteiger partial charge in [-0.3, -0.25) is 4.79 Å². The highest BCUT2D eigenvalue weighted by Crippen LogP contribution is 2.17. The van der Waals surface area contributed by atoms with Crippen molar-refractivity contribution in [3.63, 3.8) is 0 Å². The van der Waals surface area contributed by atoms with E-state index in [0.717, 1.165) is 18.2 Å². The van der Waals surface area contributed by atoms with E-state index in [-0.39, 0.29) is 5.56 Å². The van der Waals surface area contributed by atoms with Crippen molar-refractivity contribution in [2.45, 2.75) is 6.92 Å². The Kier molecular flexibility index (Phi) is 4.18. The van der Waals surface area contributed by atoms with Crippen LogP contribution < -0.4 is 5.32 Å². The van der Waals surface area contributed by atoms with Gasteiger partial charge >= 0.3 is 5.97 Å². The molecule has 0 radical (unpaired) electrons. The maximum absolute atomic E-state index is 13.5. The van der Waals surface area contributed by atoms with Gasteiger partial charge in [-0.05, 0) is 37.3 Å². The molecule has 1 heterocycles. The quantitative estimate of drug-likeness (QED) is 0.848. The second-order valence-corrected chi connectivity index (χ2v) is 4.31. The topological polar surface area (TPSA) is 79.5 Å². The van der Waals surface area contributed by atoms with Crippen molar-refractivity contribution in [3.05, 3.63) is 59.3 Å². The lowest BCUT2D eigenvalue weighted by molar-refractivity contribution is -0.131. The molecule has 0 aliphatic heterocycles. The number of rotatable bonds is 4. The predicted molar refractivity (Wildman–Crippen MR) is 74.5 cm³/mol. The van der Waals surface area contributed by atoms with Crippen molar-refractivity contribution in [1.82, 2.24) is 0 Å². The van der Waals surface area contributed by atoms with E-state index in [1.54, 1.807) is 13.0 Å². The third kappa shape index (κ3) is 3.79. The van der Waals surface area contributed by atoms with Crippen LogP contribution in [-0.4, -0.2) is 17.0 Å². The summed E-state index contributed by atoms with van der Waals surface area (Å²) in [5.41, 5.74) is 0.767. The Morgan fingerprint density at radius 3 is 2.71 bits per heavy atom. The molecular weight excluding hydrogens is 277 g/mol. The molecule has 21 heavy (non-hydrogen) atoms. The second-order valence-electron chi connectivity index (χ2n) is 4.31. The van der Waals surface area contributed by atoms with Crippen molar-refractivity contribution in [3.8, 4) is 0 Å². The van der Waals surface area contributed by atoms with Crippen LogP contribution in [0.1, 0.15) is 21.7 Å². The Morgan fingerprint density at radius 1 is 1.33 bits per heavy atom. The van der Waals surface area contributed by atoms with Gasteiger partial charge in [-0.1, -0.05) is 0 Å². The van der Waals surface area contributed by atoms with Crippen LogP contribution in [0.5, 0.6) is 0 Å². The van der Waals surface area contributed by atoms with Crippen LogP contribution in [-0.2, 0) is 4.79 Å². The molecule has 0 spiro atoms. The van der Waals surface area contributed by atoms with Crippen LogP contribution >= 0.6 is 0 Å². The number of aryl methyl sites for hydroxylation is 1. The van der Waals surface area contributed by atoms with Crippen molar-refractivity contribution >= 4 is 23.6 Å². The van der Waals surface area contributed by atoms with Gasteiger partial charge in [-0.15, -0.1) is 0 Å². The highest BCUT2D eigenvalue weighted by molar-refractivity contribution is 6.04. The molecule has 0 saturated heterocycles. The highest BCUT2D eigenvalue weighted by Gasteiger charge is 2.10. The summed E-state index contributed by atoms with van der Waals surface area (Å²) < 4.78 is 18.5. The Bertz CT molecular complexity index is 718. The molecule has 0 atom stereocenters. The lowest BCUT2D eigenvalue weighted by Crippen LogP contribution is -2.11. The number of carboxylic acid groups (broad SMARTS) is 1. The molecule has 2 N–H and O–H groups in total. The first-order valence-electron chi connectivity index (χ1n) is 6.03. The van der Waals surface area contributed by atoms with Crippen LogP contribution in [0.25, 0.3) is 6.08 Å². The fourth-order valence-corrected chi connectivity index (χ4v) is 1.68. The second kappa shape index (κ2) is 6.04. The summed E-state index contributed by atoms with van der Waals surface area (Å²) in [6.45, 7) is 1.71. The Balaban J connectivity index is 2.19. The van der Waals surface area contributed by atoms with Gasteiger partial charge in [-0.25, -0.2) is 9.18 Å². The average Bonchev–Trinajstić information content (AvgIpc) is 2.86. The van der Waals surface area contributed by atoms with Gasteiger partial charge in [0, 0.05) is 17.3 Å². The van der Waals surface area contributed by atoms with Gasteiger partial charge in [0.1, 0.15) is 17.8 Å². The van der Waals surface area contributed by atoms with Crippen molar-refractivity contribution in [1.29, 1.82) is 0 Å². The van der Waals surface area contributed by atoms with Gasteiger partial charge in [-0.2, -0.15) is 0 Å². The van der Waals surface area contributed by atoms with E-state index in [2.05, 4.69) is 5.32 Å². The molecule has 1 amide bonds. The summed E-state index contributed by atoms with van der Waals surface area (Å²) >= 11 is 0. The first kappa shape index (κ1) is 14.5. The number of aliphatic carboxylic acids is 1. The number of anilines is 1. The minimum Gasteiger partial charge on any atom is -0.478 e. The minimum absolute atomic E-state index is 0.0681. The van der Waals surface area contributed by atoms with E-state index in [1.165, 1.54) is 18.4 Å². The monoisotopic (exact) mass is 289 g/mol. The molecule has 0 aliphatic carbocycles. The predicted octanol–water partition coefficient (Wildman–Crippen LogP) is 3.08. The molecular formula is C15H12FNO4. The number of hydrogen-bond donors (Lipinski definition) is 2. The third-order valence-electron chi connectivity index (χ3n) is 2.65. The van der Waals surface area contributed by atoms with Crippen LogP contribution in [0, 0.1) is 12.7 Å². The summed E-state index contributed by atoms with van der Waals surface area (Å²) in [6.07, 6.45) is 3.26. The van der Waals surface area contributed by atoms with E-state index < -0.39 is 17.7 Å². The SMILES string of the molecule is Cc1cc(C(=O)Nc2ccc(F)c(/C=C/C(=O)O)c2)co1. The van der Waals surface area contributed by atoms with E-state index >= 15 is 0 Å². The van der Waals surface area contributed by atoms with E-state index in [9.17, 15) is 14.0 Å². The smallest absolute Gasteiger partial charge is 0.328 e. The third-order valence-corrected chi connectivity index (χ3v) is 2.65. The molecule has 2 aromatic rings. The number of carbonyl (C=O) groups excluding carboxylic acids is 1. The molecule has 0 saturated carbocycles. The van der Waals surface area contributed by atoms with Gasteiger partial charge in [0.25, 0.3) is 5.91 Å². The molecule has 1 aromatic carbocycles. The number of furan rings is 1. The fourth-order valence-electron chi connectivity index (χ4n) is 1.68. The number of amides is 1. The number of hydrogen-bond acceptors (Lipinski definition) is 3. The zero-order valence-electron chi connectivity index (χ0n) is 11.1. The Hall–Kier alpha value is -2.89. The van der Waals surface area contributed by atoms with Crippen molar-refractivity contribution in [2.24, 2.45) is 0 Å². The standard InChI is InChI=1S/C15H12FNO4/c1-9-6-11(8-21-9)15(20)17-12-3-4-13(16)10(7-12)2-5-14(18)19/h2-8H,1H3,(H,17,20)(H,18,19)/b5-2+. The van der Waals surface area contributed by atoms with Gasteiger partial charge in [0.2, 0.25) is 0 Å². The highest BCUT2D eigenvalue weighted by atomic mass is 19.1. The molecule has 0 bridgehead atoms. The largest absolute Gasteiger partial charge is 0.478 e. The van der Waals surface area contributed by atoms with Gasteiger partial charge < -0.3 is 14.8 Å². The number of halogens is 1. The summed E-state index contributed by atoms with van der Waals surface area (Å²) in [5, 5.41) is 11.1. The molecule has 108 valence electrons. The summed E-state index contributed by atoms with van der Waals surface area (Å²) in [4.78, 5) is 22.4. The van der Waals surface area contributed by atoms with Crippen LogP contribution in [0.15, 0.2) is 41.0 Å². The number of carboxylic acids is 1. The number of nitrogens with one attached hydrogen (secondary N) is 1. The molecule has 5 nitrogen and oxygen atoms in total. The molecule has 0 unspecified atom stereocenters. The Labute approximate surface area is 119 Å². The molecule has 1 aromatic heterocycles. The zero-order chi connectivity index (χ0) is 15.4. The lowest BCUT2D eigenvalue weighted by Gasteiger charge is -2.05.